The van der Waals surface area contributed by atoms with Crippen LogP contribution in [0.15, 0.2) is 35.1 Å². The molecule has 0 radical (unpaired) electrons. The molecular weight excluding hydrogens is 301 g/mol. The molecule has 0 aliphatic carbocycles. The van der Waals surface area contributed by atoms with Crippen molar-refractivity contribution in [1.82, 2.24) is 20.1 Å². The third-order valence-corrected chi connectivity index (χ3v) is 3.19. The van der Waals surface area contributed by atoms with Gasteiger partial charge in [0.2, 0.25) is 11.6 Å². The summed E-state index contributed by atoms with van der Waals surface area (Å²) in [6, 6.07) is 4.90. The van der Waals surface area contributed by atoms with Crippen LogP contribution in [-0.4, -0.2) is 20.1 Å². The molecule has 0 atom stereocenters. The summed E-state index contributed by atoms with van der Waals surface area (Å²) in [5.41, 5.74) is 6.57. The summed E-state index contributed by atoms with van der Waals surface area (Å²) in [4.78, 5) is 12.3. The van der Waals surface area contributed by atoms with Crippen LogP contribution in [0.1, 0.15) is 0 Å². The minimum atomic E-state index is 0.164. The highest BCUT2D eigenvalue weighted by Crippen LogP contribution is 2.37. The summed E-state index contributed by atoms with van der Waals surface area (Å²) in [7, 11) is 0. The van der Waals surface area contributed by atoms with Gasteiger partial charge in [0.15, 0.2) is 0 Å². The van der Waals surface area contributed by atoms with Crippen molar-refractivity contribution < 1.29 is 4.52 Å². The smallest absolute Gasteiger partial charge is 0.262 e. The Morgan fingerprint density at radius 2 is 1.70 bits per heavy atom. The first-order valence-electron chi connectivity index (χ1n) is 5.52. The minimum absolute atomic E-state index is 0.164. The fraction of sp³-hybridized carbons (Fsp3) is 0. The summed E-state index contributed by atoms with van der Waals surface area (Å²) < 4.78 is 5.16. The van der Waals surface area contributed by atoms with Gasteiger partial charge in [-0.3, -0.25) is 0 Å². The van der Waals surface area contributed by atoms with Crippen LogP contribution in [0.5, 0.6) is 0 Å². The van der Waals surface area contributed by atoms with Crippen molar-refractivity contribution in [3.05, 3.63) is 40.6 Å². The molecule has 3 rings (SSSR count). The first-order valence-corrected chi connectivity index (χ1v) is 6.27. The van der Waals surface area contributed by atoms with E-state index in [-0.39, 0.29) is 17.4 Å². The molecule has 6 nitrogen and oxygen atoms in total. The van der Waals surface area contributed by atoms with E-state index >= 15 is 0 Å². The highest BCUT2D eigenvalue weighted by molar-refractivity contribution is 6.37. The molecule has 0 aliphatic rings. The normalized spacial score (nSPS) is 10.7. The minimum Gasteiger partial charge on any atom is -0.397 e. The second kappa shape index (κ2) is 5.07. The lowest BCUT2D eigenvalue weighted by Gasteiger charge is -2.04. The van der Waals surface area contributed by atoms with Gasteiger partial charge < -0.3 is 10.3 Å². The number of nitrogens with zero attached hydrogens (tertiary/aromatic N) is 4. The van der Waals surface area contributed by atoms with E-state index in [2.05, 4.69) is 20.1 Å². The summed E-state index contributed by atoms with van der Waals surface area (Å²) >= 11 is 12.1. The lowest BCUT2D eigenvalue weighted by Crippen LogP contribution is -1.93. The van der Waals surface area contributed by atoms with E-state index < -0.39 is 0 Å². The second-order valence-electron chi connectivity index (χ2n) is 3.81. The Bertz CT molecular complexity index is 760. The van der Waals surface area contributed by atoms with E-state index in [9.17, 15) is 0 Å². The van der Waals surface area contributed by atoms with Gasteiger partial charge in [0, 0.05) is 12.4 Å². The molecule has 0 aliphatic heterocycles. The largest absolute Gasteiger partial charge is 0.397 e. The zero-order valence-corrected chi connectivity index (χ0v) is 11.4. The van der Waals surface area contributed by atoms with Crippen LogP contribution < -0.4 is 5.73 Å². The molecule has 0 saturated carbocycles. The van der Waals surface area contributed by atoms with E-state index in [0.29, 0.717) is 21.4 Å². The Morgan fingerprint density at radius 1 is 1.00 bits per heavy atom. The van der Waals surface area contributed by atoms with E-state index in [1.54, 1.807) is 30.6 Å². The molecule has 0 fully saturated rings. The molecule has 3 aromatic rings. The monoisotopic (exact) mass is 307 g/mol. The van der Waals surface area contributed by atoms with Gasteiger partial charge in [0.25, 0.3) is 5.89 Å². The summed E-state index contributed by atoms with van der Waals surface area (Å²) in [5.74, 6) is 0.757. The molecular formula is C12H7Cl2N5O. The topological polar surface area (TPSA) is 90.7 Å². The Balaban J connectivity index is 2.10. The third kappa shape index (κ3) is 2.19. The van der Waals surface area contributed by atoms with Gasteiger partial charge in [0.05, 0.1) is 21.3 Å². The average Bonchev–Trinajstić information content (AvgIpc) is 2.94. The zero-order chi connectivity index (χ0) is 14.1. The van der Waals surface area contributed by atoms with Crippen LogP contribution in [0, 0.1) is 0 Å². The molecule has 0 spiro atoms. The SMILES string of the molecule is Nc1c(Cl)ccc(Cl)c1-c1nc(-c2ncccn2)no1. The van der Waals surface area contributed by atoms with Crippen LogP contribution in [0.4, 0.5) is 5.69 Å². The van der Waals surface area contributed by atoms with E-state index in [1.165, 1.54) is 0 Å². The molecule has 0 amide bonds. The molecule has 1 aromatic carbocycles. The van der Waals surface area contributed by atoms with Crippen LogP contribution in [0.3, 0.4) is 0 Å². The van der Waals surface area contributed by atoms with Crippen LogP contribution >= 0.6 is 23.2 Å². The number of nitrogen functional groups attached to an aromatic ring is 1. The Morgan fingerprint density at radius 3 is 2.45 bits per heavy atom. The van der Waals surface area contributed by atoms with Gasteiger partial charge in [-0.1, -0.05) is 28.4 Å². The second-order valence-corrected chi connectivity index (χ2v) is 4.63. The summed E-state index contributed by atoms with van der Waals surface area (Å²) in [5, 5.41) is 4.54. The number of anilines is 1. The third-order valence-electron chi connectivity index (χ3n) is 2.55. The lowest BCUT2D eigenvalue weighted by molar-refractivity contribution is 0.432. The number of hydrogen-bond donors (Lipinski definition) is 1. The van der Waals surface area contributed by atoms with E-state index in [0.717, 1.165) is 0 Å². The molecule has 0 saturated heterocycles. The van der Waals surface area contributed by atoms with Gasteiger partial charge in [-0.05, 0) is 18.2 Å². The number of nitrogens with two attached hydrogens (primary N) is 1. The number of aromatic nitrogens is 4. The van der Waals surface area contributed by atoms with Crippen molar-refractivity contribution in [2.45, 2.75) is 0 Å². The highest BCUT2D eigenvalue weighted by Gasteiger charge is 2.18. The quantitative estimate of drug-likeness (QED) is 0.732. The number of benzene rings is 1. The summed E-state index contributed by atoms with van der Waals surface area (Å²) in [6.45, 7) is 0. The maximum absolute atomic E-state index is 6.09. The predicted molar refractivity (Wildman–Crippen MR) is 75.2 cm³/mol. The molecule has 100 valence electrons. The average molecular weight is 308 g/mol. The van der Waals surface area contributed by atoms with Crippen LogP contribution in [-0.2, 0) is 0 Å². The van der Waals surface area contributed by atoms with Crippen molar-refractivity contribution >= 4 is 28.9 Å². The Labute approximate surface area is 123 Å². The van der Waals surface area contributed by atoms with Gasteiger partial charge in [-0.15, -0.1) is 0 Å². The van der Waals surface area contributed by atoms with Crippen molar-refractivity contribution in [2.75, 3.05) is 5.73 Å². The maximum atomic E-state index is 6.09. The number of halogens is 2. The maximum Gasteiger partial charge on any atom is 0.262 e. The van der Waals surface area contributed by atoms with Gasteiger partial charge in [0.1, 0.15) is 0 Å². The van der Waals surface area contributed by atoms with Crippen molar-refractivity contribution in [2.24, 2.45) is 0 Å². The molecule has 2 heterocycles. The number of rotatable bonds is 2. The van der Waals surface area contributed by atoms with Gasteiger partial charge >= 0.3 is 0 Å². The molecule has 0 unspecified atom stereocenters. The van der Waals surface area contributed by atoms with Crippen LogP contribution in [0.2, 0.25) is 10.0 Å². The standard InChI is InChI=1S/C12H7Cl2N5O/c13-6-2-3-7(14)9(15)8(6)12-18-11(19-20-12)10-16-4-1-5-17-10/h1-5H,15H2. The van der Waals surface area contributed by atoms with Crippen LogP contribution in [0.25, 0.3) is 23.1 Å². The first kappa shape index (κ1) is 12.8. The molecule has 2 aromatic heterocycles. The molecule has 2 N–H and O–H groups in total. The fourth-order valence-corrected chi connectivity index (χ4v) is 2.02. The Hall–Kier alpha value is -2.18. The zero-order valence-electron chi connectivity index (χ0n) is 9.92. The first-order chi connectivity index (χ1) is 9.66. The molecule has 20 heavy (non-hydrogen) atoms. The molecule has 0 bridgehead atoms. The lowest BCUT2D eigenvalue weighted by atomic mass is 10.2. The fourth-order valence-electron chi connectivity index (χ4n) is 1.62. The Kier molecular flexibility index (Phi) is 3.25. The van der Waals surface area contributed by atoms with E-state index in [1.807, 2.05) is 0 Å². The van der Waals surface area contributed by atoms with Gasteiger partial charge in [-0.2, -0.15) is 4.98 Å². The van der Waals surface area contributed by atoms with Crippen molar-refractivity contribution in [3.8, 4) is 23.1 Å². The highest BCUT2D eigenvalue weighted by atomic mass is 35.5. The van der Waals surface area contributed by atoms with Crippen molar-refractivity contribution in [3.63, 3.8) is 0 Å². The predicted octanol–water partition coefficient (Wildman–Crippen LogP) is 3.08. The molecule has 8 heteroatoms. The number of hydrogen-bond acceptors (Lipinski definition) is 6. The summed E-state index contributed by atoms with van der Waals surface area (Å²) in [6.07, 6.45) is 3.16. The van der Waals surface area contributed by atoms with E-state index in [4.69, 9.17) is 33.5 Å². The van der Waals surface area contributed by atoms with Crippen molar-refractivity contribution in [1.29, 1.82) is 0 Å². The van der Waals surface area contributed by atoms with Gasteiger partial charge in [-0.25, -0.2) is 9.97 Å².